The largest absolute Gasteiger partial charge is 0.377 e. The van der Waals surface area contributed by atoms with E-state index in [0.717, 1.165) is 32.4 Å². The van der Waals surface area contributed by atoms with Crippen molar-refractivity contribution in [2.45, 2.75) is 25.3 Å². The summed E-state index contributed by atoms with van der Waals surface area (Å²) in [4.78, 5) is 26.4. The number of ether oxygens (including phenoxy) is 1. The number of nitrogens with one attached hydrogen (secondary N) is 2. The first-order valence-electron chi connectivity index (χ1n) is 7.48. The van der Waals surface area contributed by atoms with E-state index in [2.05, 4.69) is 10.6 Å². The Morgan fingerprint density at radius 3 is 2.80 bits per heavy atom. The number of hydrogen-bond acceptors (Lipinski definition) is 4. The molecule has 6 nitrogen and oxygen atoms in total. The maximum Gasteiger partial charge on any atom is 0.244 e. The molecule has 2 N–H and O–H groups in total. The molecule has 2 atom stereocenters. The summed E-state index contributed by atoms with van der Waals surface area (Å²) in [6, 6.07) is -0.458. The number of rotatable bonds is 2. The molecule has 0 aromatic heterocycles. The Morgan fingerprint density at radius 1 is 1.35 bits per heavy atom. The third kappa shape index (κ3) is 2.31. The number of morpholine rings is 1. The molecule has 2 aliphatic heterocycles. The van der Waals surface area contributed by atoms with Gasteiger partial charge in [-0.2, -0.15) is 0 Å². The molecule has 112 valence electrons. The molecule has 2 saturated heterocycles. The molecule has 2 heterocycles. The van der Waals surface area contributed by atoms with Gasteiger partial charge in [0.05, 0.1) is 13.2 Å². The van der Waals surface area contributed by atoms with Gasteiger partial charge in [0, 0.05) is 19.5 Å². The number of hydrogen-bond donors (Lipinski definition) is 2. The van der Waals surface area contributed by atoms with Crippen molar-refractivity contribution in [1.82, 2.24) is 15.5 Å². The fourth-order valence-corrected chi connectivity index (χ4v) is 3.63. The second kappa shape index (κ2) is 5.33. The highest BCUT2D eigenvalue weighted by atomic mass is 16.5. The van der Waals surface area contributed by atoms with Crippen LogP contribution in [0.15, 0.2) is 0 Å². The van der Waals surface area contributed by atoms with Crippen LogP contribution in [-0.4, -0.2) is 62.7 Å². The SMILES string of the molecule is CNC(=O)C1COCCN1C(=O)C1CC12CCNCC2. The highest BCUT2D eigenvalue weighted by Gasteiger charge is 2.59. The Balaban J connectivity index is 1.68. The van der Waals surface area contributed by atoms with Gasteiger partial charge in [0.15, 0.2) is 0 Å². The molecule has 3 aliphatic rings. The predicted octanol–water partition coefficient (Wildman–Crippen LogP) is -0.650. The fourth-order valence-electron chi connectivity index (χ4n) is 3.63. The van der Waals surface area contributed by atoms with Crippen LogP contribution in [-0.2, 0) is 14.3 Å². The van der Waals surface area contributed by atoms with Gasteiger partial charge in [0.1, 0.15) is 6.04 Å². The van der Waals surface area contributed by atoms with Crippen molar-refractivity contribution in [3.63, 3.8) is 0 Å². The summed E-state index contributed by atoms with van der Waals surface area (Å²) in [6.07, 6.45) is 3.15. The van der Waals surface area contributed by atoms with Crippen molar-refractivity contribution in [3.8, 4) is 0 Å². The molecule has 1 aliphatic carbocycles. The third-order valence-corrected chi connectivity index (χ3v) is 5.05. The zero-order chi connectivity index (χ0) is 14.2. The fraction of sp³-hybridized carbons (Fsp3) is 0.857. The molecule has 0 radical (unpaired) electrons. The smallest absolute Gasteiger partial charge is 0.244 e. The molecular weight excluding hydrogens is 258 g/mol. The number of carbonyl (C=O) groups excluding carboxylic acids is 2. The van der Waals surface area contributed by atoms with Crippen LogP contribution in [0.3, 0.4) is 0 Å². The Labute approximate surface area is 119 Å². The van der Waals surface area contributed by atoms with Gasteiger partial charge in [-0.05, 0) is 37.8 Å². The first-order valence-corrected chi connectivity index (χ1v) is 7.48. The molecule has 0 aromatic rings. The molecule has 0 aromatic carbocycles. The quantitative estimate of drug-likeness (QED) is 0.705. The standard InChI is InChI=1S/C14H23N3O3/c1-15-12(18)11-9-20-7-6-17(11)13(19)10-8-14(10)2-4-16-5-3-14/h10-11,16H,2-9H2,1H3,(H,15,18). The number of amides is 2. The van der Waals surface area contributed by atoms with E-state index in [1.807, 2.05) is 0 Å². The molecule has 3 rings (SSSR count). The second-order valence-electron chi connectivity index (χ2n) is 6.11. The maximum atomic E-state index is 12.7. The van der Waals surface area contributed by atoms with E-state index in [0.29, 0.717) is 19.8 Å². The molecular formula is C14H23N3O3. The van der Waals surface area contributed by atoms with Gasteiger partial charge < -0.3 is 20.3 Å². The van der Waals surface area contributed by atoms with E-state index >= 15 is 0 Å². The van der Waals surface area contributed by atoms with E-state index in [4.69, 9.17) is 4.74 Å². The van der Waals surface area contributed by atoms with Crippen LogP contribution >= 0.6 is 0 Å². The summed E-state index contributed by atoms with van der Waals surface area (Å²) in [5.74, 6) is 0.150. The highest BCUT2D eigenvalue weighted by molar-refractivity contribution is 5.90. The number of nitrogens with zero attached hydrogens (tertiary/aromatic N) is 1. The second-order valence-corrected chi connectivity index (χ2v) is 6.11. The number of piperidine rings is 1. The average Bonchev–Trinajstić information content (AvgIpc) is 3.19. The lowest BCUT2D eigenvalue weighted by molar-refractivity contribution is -0.150. The van der Waals surface area contributed by atoms with E-state index < -0.39 is 6.04 Å². The van der Waals surface area contributed by atoms with Gasteiger partial charge in [-0.25, -0.2) is 0 Å². The maximum absolute atomic E-state index is 12.7. The van der Waals surface area contributed by atoms with Crippen molar-refractivity contribution < 1.29 is 14.3 Å². The summed E-state index contributed by atoms with van der Waals surface area (Å²) < 4.78 is 5.36. The lowest BCUT2D eigenvalue weighted by atomic mass is 9.91. The van der Waals surface area contributed by atoms with Gasteiger partial charge in [0.25, 0.3) is 0 Å². The Hall–Kier alpha value is -1.14. The third-order valence-electron chi connectivity index (χ3n) is 5.05. The molecule has 2 unspecified atom stereocenters. The van der Waals surface area contributed by atoms with E-state index in [9.17, 15) is 9.59 Å². The molecule has 6 heteroatoms. The van der Waals surface area contributed by atoms with Gasteiger partial charge in [-0.1, -0.05) is 0 Å². The molecule has 0 bridgehead atoms. The van der Waals surface area contributed by atoms with Crippen LogP contribution < -0.4 is 10.6 Å². The normalized spacial score (nSPS) is 31.9. The van der Waals surface area contributed by atoms with Crippen molar-refractivity contribution in [2.24, 2.45) is 11.3 Å². The summed E-state index contributed by atoms with van der Waals surface area (Å²) in [6.45, 7) is 3.38. The predicted molar refractivity (Wildman–Crippen MR) is 73.0 cm³/mol. The van der Waals surface area contributed by atoms with Gasteiger partial charge >= 0.3 is 0 Å². The lowest BCUT2D eigenvalue weighted by Crippen LogP contribution is -2.56. The summed E-state index contributed by atoms with van der Waals surface area (Å²) in [5, 5.41) is 5.97. The average molecular weight is 281 g/mol. The Kier molecular flexibility index (Phi) is 3.69. The summed E-state index contributed by atoms with van der Waals surface area (Å²) in [5.41, 5.74) is 0.216. The van der Waals surface area contributed by atoms with E-state index in [-0.39, 0.29) is 23.1 Å². The zero-order valence-corrected chi connectivity index (χ0v) is 12.0. The highest BCUT2D eigenvalue weighted by Crippen LogP contribution is 2.59. The summed E-state index contributed by atoms with van der Waals surface area (Å²) >= 11 is 0. The molecule has 20 heavy (non-hydrogen) atoms. The van der Waals surface area contributed by atoms with Crippen LogP contribution in [0.1, 0.15) is 19.3 Å². The summed E-state index contributed by atoms with van der Waals surface area (Å²) in [7, 11) is 1.60. The van der Waals surface area contributed by atoms with Gasteiger partial charge in [-0.3, -0.25) is 9.59 Å². The first kappa shape index (κ1) is 13.8. The number of likely N-dealkylation sites (N-methyl/N-ethyl adjacent to an activating group) is 1. The van der Waals surface area contributed by atoms with Crippen LogP contribution in [0.4, 0.5) is 0 Å². The van der Waals surface area contributed by atoms with E-state index in [1.165, 1.54) is 0 Å². The van der Waals surface area contributed by atoms with E-state index in [1.54, 1.807) is 11.9 Å². The first-order chi connectivity index (χ1) is 9.68. The molecule has 1 saturated carbocycles. The minimum Gasteiger partial charge on any atom is -0.377 e. The Bertz CT molecular complexity index is 406. The lowest BCUT2D eigenvalue weighted by Gasteiger charge is -2.35. The monoisotopic (exact) mass is 281 g/mol. The van der Waals surface area contributed by atoms with Crippen LogP contribution in [0, 0.1) is 11.3 Å². The van der Waals surface area contributed by atoms with Crippen molar-refractivity contribution in [2.75, 3.05) is 39.9 Å². The van der Waals surface area contributed by atoms with Gasteiger partial charge in [-0.15, -0.1) is 0 Å². The topological polar surface area (TPSA) is 70.7 Å². The van der Waals surface area contributed by atoms with Crippen LogP contribution in [0.5, 0.6) is 0 Å². The molecule has 2 amide bonds. The van der Waals surface area contributed by atoms with Crippen LogP contribution in [0.25, 0.3) is 0 Å². The van der Waals surface area contributed by atoms with Crippen molar-refractivity contribution in [3.05, 3.63) is 0 Å². The minimum absolute atomic E-state index is 0.120. The molecule has 3 fully saturated rings. The molecule has 1 spiro atoms. The van der Waals surface area contributed by atoms with Crippen molar-refractivity contribution >= 4 is 11.8 Å². The zero-order valence-electron chi connectivity index (χ0n) is 12.0. The van der Waals surface area contributed by atoms with Gasteiger partial charge in [0.2, 0.25) is 11.8 Å². The number of carbonyl (C=O) groups is 2. The minimum atomic E-state index is -0.458. The van der Waals surface area contributed by atoms with Crippen LogP contribution in [0.2, 0.25) is 0 Å². The van der Waals surface area contributed by atoms with Crippen molar-refractivity contribution in [1.29, 1.82) is 0 Å². The Morgan fingerprint density at radius 2 is 2.10 bits per heavy atom.